The molecular weight excluding hydrogens is 406 g/mol. The van der Waals surface area contributed by atoms with Crippen molar-refractivity contribution in [1.82, 2.24) is 9.21 Å². The second-order valence-corrected chi connectivity index (χ2v) is 9.41. The van der Waals surface area contributed by atoms with Gasteiger partial charge in [0, 0.05) is 31.7 Å². The molecule has 2 aromatic rings. The fourth-order valence-corrected chi connectivity index (χ4v) is 5.04. The number of hydrogen-bond acceptors (Lipinski definition) is 5. The zero-order chi connectivity index (χ0) is 21.5. The topological polar surface area (TPSA) is 96.0 Å². The van der Waals surface area contributed by atoms with Gasteiger partial charge in [-0.1, -0.05) is 17.7 Å². The lowest BCUT2D eigenvalue weighted by Gasteiger charge is -2.34. The van der Waals surface area contributed by atoms with Crippen molar-refractivity contribution in [3.05, 3.63) is 53.6 Å². The van der Waals surface area contributed by atoms with Crippen molar-refractivity contribution in [1.29, 1.82) is 0 Å². The van der Waals surface area contributed by atoms with E-state index >= 15 is 0 Å². The van der Waals surface area contributed by atoms with Gasteiger partial charge in [-0.2, -0.15) is 4.31 Å². The van der Waals surface area contributed by atoms with E-state index in [4.69, 9.17) is 4.74 Å². The zero-order valence-corrected chi connectivity index (χ0v) is 17.6. The predicted octanol–water partition coefficient (Wildman–Crippen LogP) is 1.86. The third kappa shape index (κ3) is 3.78. The zero-order valence-electron chi connectivity index (χ0n) is 16.8. The summed E-state index contributed by atoms with van der Waals surface area (Å²) in [7, 11) is -3.76. The standard InChI is InChI=1S/C21H23N3O5S/c1-14-4-3-5-16(12-14)21(26)23-8-10-24(11-9-23)30(27,28)17-6-7-19-18(13-17)22-20(25)15(2)29-19/h3-7,12-13,15H,8-11H2,1-2H3,(H,22,25)/t15-/m0/s1. The van der Waals surface area contributed by atoms with Crippen LogP contribution in [0.25, 0.3) is 0 Å². The Morgan fingerprint density at radius 3 is 2.53 bits per heavy atom. The highest BCUT2D eigenvalue weighted by molar-refractivity contribution is 7.89. The van der Waals surface area contributed by atoms with Gasteiger partial charge in [-0.3, -0.25) is 9.59 Å². The van der Waals surface area contributed by atoms with Gasteiger partial charge in [-0.05, 0) is 44.2 Å². The van der Waals surface area contributed by atoms with Crippen LogP contribution >= 0.6 is 0 Å². The summed E-state index contributed by atoms with van der Waals surface area (Å²) in [5.74, 6) is 0.0217. The molecule has 1 N–H and O–H groups in total. The van der Waals surface area contributed by atoms with Gasteiger partial charge in [0.2, 0.25) is 10.0 Å². The van der Waals surface area contributed by atoms with E-state index in [0.717, 1.165) is 5.56 Å². The largest absolute Gasteiger partial charge is 0.479 e. The molecule has 8 nitrogen and oxygen atoms in total. The van der Waals surface area contributed by atoms with Crippen LogP contribution in [0.3, 0.4) is 0 Å². The number of hydrogen-bond donors (Lipinski definition) is 1. The highest BCUT2D eigenvalue weighted by atomic mass is 32.2. The van der Waals surface area contributed by atoms with E-state index in [2.05, 4.69) is 5.32 Å². The lowest BCUT2D eigenvalue weighted by atomic mass is 10.1. The molecule has 0 bridgehead atoms. The summed E-state index contributed by atoms with van der Waals surface area (Å²) in [6.45, 7) is 4.59. The fourth-order valence-electron chi connectivity index (χ4n) is 3.59. The highest BCUT2D eigenvalue weighted by Crippen LogP contribution is 2.33. The summed E-state index contributed by atoms with van der Waals surface area (Å²) in [4.78, 5) is 26.3. The molecule has 0 aromatic heterocycles. The molecule has 2 heterocycles. The van der Waals surface area contributed by atoms with E-state index in [0.29, 0.717) is 30.1 Å². The summed E-state index contributed by atoms with van der Waals surface area (Å²) in [5, 5.41) is 2.67. The molecule has 2 aromatic carbocycles. The molecule has 30 heavy (non-hydrogen) atoms. The van der Waals surface area contributed by atoms with Gasteiger partial charge in [0.15, 0.2) is 6.10 Å². The van der Waals surface area contributed by atoms with E-state index < -0.39 is 16.1 Å². The first kappa shape index (κ1) is 20.4. The Labute approximate surface area is 175 Å². The maximum atomic E-state index is 13.1. The Morgan fingerprint density at radius 1 is 1.10 bits per heavy atom. The molecule has 0 aliphatic carbocycles. The number of aryl methyl sites for hydroxylation is 1. The number of ether oxygens (including phenoxy) is 1. The molecule has 1 atom stereocenters. The van der Waals surface area contributed by atoms with Gasteiger partial charge in [0.25, 0.3) is 11.8 Å². The fraction of sp³-hybridized carbons (Fsp3) is 0.333. The quantitative estimate of drug-likeness (QED) is 0.804. The van der Waals surface area contributed by atoms with E-state index in [1.807, 2.05) is 25.1 Å². The molecule has 1 saturated heterocycles. The van der Waals surface area contributed by atoms with Crippen molar-refractivity contribution in [2.75, 3.05) is 31.5 Å². The number of sulfonamides is 1. The lowest BCUT2D eigenvalue weighted by molar-refractivity contribution is -0.122. The Morgan fingerprint density at radius 2 is 1.83 bits per heavy atom. The average Bonchev–Trinajstić information content (AvgIpc) is 2.74. The summed E-state index contributed by atoms with van der Waals surface area (Å²) in [6.07, 6.45) is -0.626. The molecule has 0 saturated carbocycles. The lowest BCUT2D eigenvalue weighted by Crippen LogP contribution is -2.50. The Kier molecular flexibility index (Phi) is 5.25. The van der Waals surface area contributed by atoms with Crippen LogP contribution in [0.4, 0.5) is 5.69 Å². The number of fused-ring (bicyclic) bond motifs is 1. The molecular formula is C21H23N3O5S. The second-order valence-electron chi connectivity index (χ2n) is 7.47. The predicted molar refractivity (Wildman–Crippen MR) is 111 cm³/mol. The number of carbonyl (C=O) groups is 2. The van der Waals surface area contributed by atoms with E-state index in [-0.39, 0.29) is 29.8 Å². The van der Waals surface area contributed by atoms with Gasteiger partial charge < -0.3 is 15.0 Å². The van der Waals surface area contributed by atoms with Crippen LogP contribution in [-0.4, -0.2) is 61.7 Å². The van der Waals surface area contributed by atoms with Crippen LogP contribution in [0.2, 0.25) is 0 Å². The minimum atomic E-state index is -3.76. The number of benzene rings is 2. The first-order valence-corrected chi connectivity index (χ1v) is 11.2. The molecule has 4 rings (SSSR count). The number of carbonyl (C=O) groups excluding carboxylic acids is 2. The van der Waals surface area contributed by atoms with Crippen LogP contribution in [-0.2, 0) is 14.8 Å². The monoisotopic (exact) mass is 429 g/mol. The summed E-state index contributed by atoms with van der Waals surface area (Å²) < 4.78 is 33.0. The molecule has 2 aliphatic rings. The van der Waals surface area contributed by atoms with Crippen molar-refractivity contribution in [2.24, 2.45) is 0 Å². The average molecular weight is 429 g/mol. The maximum Gasteiger partial charge on any atom is 0.265 e. The third-order valence-corrected chi connectivity index (χ3v) is 7.21. The molecule has 158 valence electrons. The van der Waals surface area contributed by atoms with Gasteiger partial charge >= 0.3 is 0 Å². The van der Waals surface area contributed by atoms with Crippen molar-refractivity contribution in [2.45, 2.75) is 24.8 Å². The van der Waals surface area contributed by atoms with E-state index in [1.54, 1.807) is 24.0 Å². The first-order valence-electron chi connectivity index (χ1n) is 9.73. The second kappa shape index (κ2) is 7.73. The molecule has 1 fully saturated rings. The van der Waals surface area contributed by atoms with Crippen LogP contribution in [0.15, 0.2) is 47.4 Å². The minimum Gasteiger partial charge on any atom is -0.479 e. The van der Waals surface area contributed by atoms with Gasteiger partial charge in [0.05, 0.1) is 10.6 Å². The number of nitrogens with zero attached hydrogens (tertiary/aromatic N) is 2. The molecule has 2 amide bonds. The molecule has 0 spiro atoms. The van der Waals surface area contributed by atoms with Gasteiger partial charge in [-0.15, -0.1) is 0 Å². The van der Waals surface area contributed by atoms with E-state index in [1.165, 1.54) is 16.4 Å². The molecule has 0 unspecified atom stereocenters. The number of anilines is 1. The van der Waals surface area contributed by atoms with Crippen molar-refractivity contribution in [3.63, 3.8) is 0 Å². The number of rotatable bonds is 3. The summed E-state index contributed by atoms with van der Waals surface area (Å²) >= 11 is 0. The minimum absolute atomic E-state index is 0.0816. The van der Waals surface area contributed by atoms with Gasteiger partial charge in [-0.25, -0.2) is 8.42 Å². The Hall–Kier alpha value is -2.91. The van der Waals surface area contributed by atoms with Crippen LogP contribution in [0.1, 0.15) is 22.8 Å². The van der Waals surface area contributed by atoms with Crippen molar-refractivity contribution in [3.8, 4) is 5.75 Å². The highest BCUT2D eigenvalue weighted by Gasteiger charge is 2.32. The van der Waals surface area contributed by atoms with Crippen molar-refractivity contribution < 1.29 is 22.7 Å². The number of nitrogens with one attached hydrogen (secondary N) is 1. The van der Waals surface area contributed by atoms with Crippen LogP contribution in [0.5, 0.6) is 5.75 Å². The number of piperazine rings is 1. The third-order valence-electron chi connectivity index (χ3n) is 5.31. The van der Waals surface area contributed by atoms with Crippen molar-refractivity contribution >= 4 is 27.5 Å². The Balaban J connectivity index is 1.47. The van der Waals surface area contributed by atoms with Gasteiger partial charge in [0.1, 0.15) is 5.75 Å². The molecule has 2 aliphatic heterocycles. The van der Waals surface area contributed by atoms with Crippen LogP contribution < -0.4 is 10.1 Å². The molecule has 0 radical (unpaired) electrons. The number of amides is 2. The van der Waals surface area contributed by atoms with Crippen LogP contribution in [0, 0.1) is 6.92 Å². The summed E-state index contributed by atoms with van der Waals surface area (Å²) in [5.41, 5.74) is 1.94. The normalized spacial score (nSPS) is 19.6. The summed E-state index contributed by atoms with van der Waals surface area (Å²) in [6, 6.07) is 11.8. The van der Waals surface area contributed by atoms with E-state index in [9.17, 15) is 18.0 Å². The Bertz CT molecular complexity index is 1110. The first-order chi connectivity index (χ1) is 14.3. The SMILES string of the molecule is Cc1cccc(C(=O)N2CCN(S(=O)(=O)c3ccc4c(c3)NC(=O)[C@H](C)O4)CC2)c1. The molecule has 9 heteroatoms. The maximum absolute atomic E-state index is 13.1. The smallest absolute Gasteiger partial charge is 0.265 e.